The molecule has 5 rings (SSSR count). The third-order valence-corrected chi connectivity index (χ3v) is 8.78. The second kappa shape index (κ2) is 13.0. The van der Waals surface area contributed by atoms with Gasteiger partial charge in [0.1, 0.15) is 17.1 Å². The fourth-order valence-electron chi connectivity index (χ4n) is 5.54. The number of nitrogens with zero attached hydrogens (tertiary/aromatic N) is 7. The Morgan fingerprint density at radius 2 is 1.76 bits per heavy atom. The van der Waals surface area contributed by atoms with Crippen LogP contribution in [0, 0.1) is 13.8 Å². The van der Waals surface area contributed by atoms with Crippen molar-refractivity contribution < 1.29 is 4.74 Å². The molecule has 1 fully saturated rings. The predicted octanol–water partition coefficient (Wildman–Crippen LogP) is 6.17. The second-order valence-corrected chi connectivity index (χ2v) is 11.6. The van der Waals surface area contributed by atoms with E-state index in [2.05, 4.69) is 86.0 Å². The molecule has 1 aliphatic heterocycles. The van der Waals surface area contributed by atoms with E-state index in [0.29, 0.717) is 17.8 Å². The Morgan fingerprint density at radius 1 is 1.00 bits per heavy atom. The molecule has 42 heavy (non-hydrogen) atoms. The number of methoxy groups -OCH3 is 1. The average molecular weight is 588 g/mol. The molecule has 3 heterocycles. The van der Waals surface area contributed by atoms with E-state index in [0.717, 1.165) is 71.9 Å². The molecule has 0 spiro atoms. The Kier molecular flexibility index (Phi) is 9.18. The molecule has 0 saturated carbocycles. The zero-order valence-electron chi connectivity index (χ0n) is 25.6. The van der Waals surface area contributed by atoms with Crippen LogP contribution in [-0.4, -0.2) is 78.0 Å². The summed E-state index contributed by atoms with van der Waals surface area (Å²) in [4.78, 5) is 23.4. The van der Waals surface area contributed by atoms with Gasteiger partial charge >= 0.3 is 0 Å². The number of piperidine rings is 1. The third-order valence-electron chi connectivity index (χ3n) is 7.90. The van der Waals surface area contributed by atoms with Crippen molar-refractivity contribution in [1.29, 1.82) is 0 Å². The number of aryl methyl sites for hydroxylation is 2. The maximum absolute atomic E-state index is 5.83. The van der Waals surface area contributed by atoms with Gasteiger partial charge in [-0.1, -0.05) is 11.9 Å². The maximum Gasteiger partial charge on any atom is 0.229 e. The number of ether oxygens (including phenoxy) is 1. The number of fused-ring (bicyclic) bond motifs is 1. The molecular formula is C31H41N9OS. The highest BCUT2D eigenvalue weighted by atomic mass is 32.2. The van der Waals surface area contributed by atoms with E-state index < -0.39 is 0 Å². The molecular weight excluding hydrogens is 546 g/mol. The molecule has 1 aliphatic rings. The van der Waals surface area contributed by atoms with Crippen molar-refractivity contribution >= 4 is 57.5 Å². The predicted molar refractivity (Wildman–Crippen MR) is 176 cm³/mol. The lowest BCUT2D eigenvalue weighted by atomic mass is 10.0. The highest BCUT2D eigenvalue weighted by Gasteiger charge is 2.23. The first-order valence-corrected chi connectivity index (χ1v) is 15.5. The van der Waals surface area contributed by atoms with Crippen molar-refractivity contribution in [3.05, 3.63) is 54.0 Å². The fraction of sp³-hybridized carbons (Fsp3) is 0.419. The molecule has 0 aliphatic carbocycles. The smallest absolute Gasteiger partial charge is 0.229 e. The highest BCUT2D eigenvalue weighted by Crippen LogP contribution is 2.39. The molecule has 0 radical (unpaired) electrons. The molecule has 1 saturated heterocycles. The van der Waals surface area contributed by atoms with E-state index in [1.807, 2.05) is 25.3 Å². The minimum Gasteiger partial charge on any atom is -0.494 e. The Balaban J connectivity index is 1.42. The van der Waals surface area contributed by atoms with Gasteiger partial charge in [-0.2, -0.15) is 4.98 Å². The molecule has 11 heteroatoms. The minimum atomic E-state index is 0.486. The van der Waals surface area contributed by atoms with Gasteiger partial charge in [-0.3, -0.25) is 9.97 Å². The van der Waals surface area contributed by atoms with E-state index in [4.69, 9.17) is 9.72 Å². The lowest BCUT2D eigenvalue weighted by molar-refractivity contribution is 0.249. The number of rotatable bonds is 10. The zero-order chi connectivity index (χ0) is 29.8. The van der Waals surface area contributed by atoms with Crippen LogP contribution in [-0.2, 0) is 0 Å². The van der Waals surface area contributed by atoms with Crippen LogP contribution in [0.2, 0.25) is 0 Å². The number of anilines is 6. The molecule has 4 aromatic rings. The third kappa shape index (κ3) is 6.17. The molecule has 0 bridgehead atoms. The number of benzene rings is 2. The SMILES string of the molecule is CCN(SC)c1c(Nc2nc(Nc3cc(C)c(N4CCC(N(C)C)CC4)cc3OC)ncc2C)ccc2nccnc12. The Labute approximate surface area is 253 Å². The van der Waals surface area contributed by atoms with Gasteiger partial charge in [-0.15, -0.1) is 0 Å². The van der Waals surface area contributed by atoms with Crippen molar-refractivity contribution in [1.82, 2.24) is 24.8 Å². The summed E-state index contributed by atoms with van der Waals surface area (Å²) in [6, 6.07) is 8.91. The monoisotopic (exact) mass is 587 g/mol. The van der Waals surface area contributed by atoms with Crippen molar-refractivity contribution in [2.75, 3.05) is 66.9 Å². The van der Waals surface area contributed by atoms with Gasteiger partial charge in [-0.25, -0.2) is 4.98 Å². The zero-order valence-corrected chi connectivity index (χ0v) is 26.4. The molecule has 0 amide bonds. The van der Waals surface area contributed by atoms with Crippen LogP contribution < -0.4 is 24.6 Å². The molecule has 2 aromatic heterocycles. The Morgan fingerprint density at radius 3 is 2.45 bits per heavy atom. The van der Waals surface area contributed by atoms with Gasteiger partial charge in [0, 0.05) is 67.8 Å². The van der Waals surface area contributed by atoms with Crippen LogP contribution in [0.25, 0.3) is 11.0 Å². The largest absolute Gasteiger partial charge is 0.494 e. The van der Waals surface area contributed by atoms with Crippen molar-refractivity contribution in [2.24, 2.45) is 0 Å². The maximum atomic E-state index is 5.83. The van der Waals surface area contributed by atoms with Crippen LogP contribution in [0.1, 0.15) is 30.9 Å². The number of hydrogen-bond acceptors (Lipinski definition) is 11. The van der Waals surface area contributed by atoms with Gasteiger partial charge in [0.2, 0.25) is 5.95 Å². The van der Waals surface area contributed by atoms with Crippen LogP contribution >= 0.6 is 11.9 Å². The summed E-state index contributed by atoms with van der Waals surface area (Å²) < 4.78 is 8.03. The summed E-state index contributed by atoms with van der Waals surface area (Å²) >= 11 is 1.65. The summed E-state index contributed by atoms with van der Waals surface area (Å²) in [5.41, 5.74) is 7.73. The van der Waals surface area contributed by atoms with Gasteiger partial charge in [-0.05, 0) is 71.5 Å². The van der Waals surface area contributed by atoms with Crippen molar-refractivity contribution in [3.8, 4) is 5.75 Å². The van der Waals surface area contributed by atoms with Gasteiger partial charge < -0.3 is 29.5 Å². The first-order valence-electron chi connectivity index (χ1n) is 14.4. The summed E-state index contributed by atoms with van der Waals surface area (Å²) in [7, 11) is 6.04. The summed E-state index contributed by atoms with van der Waals surface area (Å²) in [5.74, 6) is 1.96. The number of nitrogens with one attached hydrogen (secondary N) is 2. The molecule has 2 aromatic carbocycles. The lowest BCUT2D eigenvalue weighted by Crippen LogP contribution is -2.42. The first kappa shape index (κ1) is 29.7. The van der Waals surface area contributed by atoms with Gasteiger partial charge in [0.25, 0.3) is 0 Å². The molecule has 0 unspecified atom stereocenters. The van der Waals surface area contributed by atoms with E-state index in [-0.39, 0.29) is 0 Å². The topological polar surface area (TPSA) is 94.6 Å². The van der Waals surface area contributed by atoms with Crippen molar-refractivity contribution in [2.45, 2.75) is 39.7 Å². The Hall–Kier alpha value is -3.83. The number of aromatic nitrogens is 4. The summed E-state index contributed by atoms with van der Waals surface area (Å²) in [5, 5.41) is 6.97. The van der Waals surface area contributed by atoms with E-state index in [1.165, 1.54) is 11.3 Å². The van der Waals surface area contributed by atoms with Crippen LogP contribution in [0.3, 0.4) is 0 Å². The molecule has 2 N–H and O–H groups in total. The van der Waals surface area contributed by atoms with E-state index in [9.17, 15) is 0 Å². The lowest BCUT2D eigenvalue weighted by Gasteiger charge is -2.37. The number of hydrogen-bond donors (Lipinski definition) is 2. The quantitative estimate of drug-likeness (QED) is 0.209. The van der Waals surface area contributed by atoms with Crippen molar-refractivity contribution in [3.63, 3.8) is 0 Å². The van der Waals surface area contributed by atoms with Gasteiger partial charge in [0.05, 0.1) is 29.7 Å². The highest BCUT2D eigenvalue weighted by molar-refractivity contribution is 8.00. The molecule has 222 valence electrons. The first-order chi connectivity index (χ1) is 20.3. The second-order valence-electron chi connectivity index (χ2n) is 10.8. The standard InChI is InChI=1S/C31H41N9OS/c1-8-40(42-7)29-24(10-9-23-28(29)33-14-13-32-23)35-30-21(3)19-34-31(37-30)36-25-17-20(2)26(18-27(25)41-6)39-15-11-22(12-16-39)38(4)5/h9-10,13-14,17-19,22H,8,11-12,15-16H2,1-7H3,(H2,34,35,36,37). The summed E-state index contributed by atoms with van der Waals surface area (Å²) in [6.45, 7) is 9.14. The summed E-state index contributed by atoms with van der Waals surface area (Å²) in [6.07, 6.45) is 9.64. The molecule has 10 nitrogen and oxygen atoms in total. The van der Waals surface area contributed by atoms with E-state index in [1.54, 1.807) is 31.5 Å². The van der Waals surface area contributed by atoms with Gasteiger partial charge in [0.15, 0.2) is 0 Å². The normalized spacial score (nSPS) is 14.0. The van der Waals surface area contributed by atoms with Crippen LogP contribution in [0.4, 0.5) is 34.5 Å². The Bertz CT molecular complexity index is 1530. The van der Waals surface area contributed by atoms with E-state index >= 15 is 0 Å². The minimum absolute atomic E-state index is 0.486. The fourth-order valence-corrected chi connectivity index (χ4v) is 6.16. The van der Waals surface area contributed by atoms with Crippen LogP contribution in [0.5, 0.6) is 5.75 Å². The molecule has 0 atom stereocenters. The van der Waals surface area contributed by atoms with Crippen LogP contribution in [0.15, 0.2) is 42.9 Å². The average Bonchev–Trinajstić information content (AvgIpc) is 3.00.